The van der Waals surface area contributed by atoms with Crippen molar-refractivity contribution < 1.29 is 48.4 Å². The predicted octanol–water partition coefficient (Wildman–Crippen LogP) is -4.76. The van der Waals surface area contributed by atoms with Crippen LogP contribution in [-0.2, 0) is 14.4 Å². The number of fused-ring (bicyclic) bond motifs is 1. The van der Waals surface area contributed by atoms with Crippen LogP contribution < -0.4 is 30.8 Å². The lowest BCUT2D eigenvalue weighted by Crippen LogP contribution is -2.68. The van der Waals surface area contributed by atoms with E-state index in [1.807, 2.05) is 6.92 Å². The maximum Gasteiger partial charge on any atom is 0.352 e. The van der Waals surface area contributed by atoms with Crippen molar-refractivity contribution in [3.05, 3.63) is 23.4 Å². The van der Waals surface area contributed by atoms with Crippen molar-refractivity contribution >= 4 is 29.5 Å². The Morgan fingerprint density at radius 1 is 1.45 bits per heavy atom. The van der Waals surface area contributed by atoms with Gasteiger partial charge >= 0.3 is 5.97 Å². The topological polar surface area (TPSA) is 228 Å². The van der Waals surface area contributed by atoms with Crippen LogP contribution in [0.5, 0.6) is 0 Å². The summed E-state index contributed by atoms with van der Waals surface area (Å²) in [4.78, 5) is 36.0. The Morgan fingerprint density at radius 2 is 2.00 bits per heavy atom. The van der Waals surface area contributed by atoms with Crippen LogP contribution in [0.2, 0.25) is 0 Å². The summed E-state index contributed by atoms with van der Waals surface area (Å²) in [6.45, 7) is 3.92. The molecule has 2 amide bonds. The van der Waals surface area contributed by atoms with Crippen LogP contribution in [0.3, 0.4) is 0 Å². The normalized spacial score (nSPS) is 23.7. The first kappa shape index (κ1) is 25.3. The number of nitrogens with zero attached hydrogens (tertiary/aromatic N) is 1. The molecule has 29 heavy (non-hydrogen) atoms. The molecule has 0 aliphatic carbocycles. The van der Waals surface area contributed by atoms with Gasteiger partial charge in [0.25, 0.3) is 0 Å². The number of thioether (sulfide) groups is 1. The summed E-state index contributed by atoms with van der Waals surface area (Å²) >= 11 is 1.44. The third-order valence-electron chi connectivity index (χ3n) is 4.42. The van der Waals surface area contributed by atoms with E-state index < -0.39 is 33.7 Å². The molecule has 0 aromatic carbocycles. The average molecular weight is 455 g/mol. The highest BCUT2D eigenvalue weighted by Gasteiger charge is 2.51. The number of halogens is 1. The van der Waals surface area contributed by atoms with Crippen molar-refractivity contribution in [2.45, 2.75) is 37.2 Å². The lowest BCUT2D eigenvalue weighted by molar-refractivity contribution is -1.92. The number of aliphatic carboxylic acids is 1. The van der Waals surface area contributed by atoms with E-state index in [0.29, 0.717) is 24.3 Å². The second-order valence-corrected chi connectivity index (χ2v) is 8.24. The molecule has 0 spiro atoms. The fourth-order valence-corrected chi connectivity index (χ4v) is 3.80. The second-order valence-electron chi connectivity index (χ2n) is 6.34. The van der Waals surface area contributed by atoms with Gasteiger partial charge in [-0.15, -0.1) is 11.8 Å². The predicted molar refractivity (Wildman–Crippen MR) is 93.0 cm³/mol. The molecular weight excluding hydrogens is 432 g/mol. The number of allylic oxidation sites excluding steroid dienone is 1. The zero-order chi connectivity index (χ0) is 22.6. The lowest BCUT2D eigenvalue weighted by atomic mass is 9.98. The quantitative estimate of drug-likeness (QED) is 0.229. The van der Waals surface area contributed by atoms with Gasteiger partial charge in [0.15, 0.2) is 0 Å². The van der Waals surface area contributed by atoms with Gasteiger partial charge in [-0.1, -0.05) is 19.1 Å². The first-order chi connectivity index (χ1) is 13.2. The average Bonchev–Trinajstić information content (AvgIpc) is 2.61. The van der Waals surface area contributed by atoms with Crippen molar-refractivity contribution in [3.63, 3.8) is 0 Å². The molecule has 2 heterocycles. The number of carbonyl (C=O) groups is 3. The van der Waals surface area contributed by atoms with E-state index in [4.69, 9.17) is 30.1 Å². The highest BCUT2D eigenvalue weighted by atomic mass is 35.7. The number of carboxylic acid groups (broad SMARTS) is 1. The minimum absolute atomic E-state index is 0.0187. The molecule has 164 valence electrons. The molecule has 0 radical (unpaired) electrons. The number of rotatable bonds is 7. The molecule has 12 nitrogen and oxygen atoms in total. The van der Waals surface area contributed by atoms with Crippen molar-refractivity contribution in [2.24, 2.45) is 11.5 Å². The highest BCUT2D eigenvalue weighted by molar-refractivity contribution is 8.00. The lowest BCUT2D eigenvalue weighted by Gasteiger charge is -2.47. The summed E-state index contributed by atoms with van der Waals surface area (Å²) in [5.74, 6) is -1.51. The Kier molecular flexibility index (Phi) is 8.61. The van der Waals surface area contributed by atoms with Crippen LogP contribution in [-0.4, -0.2) is 61.7 Å². The van der Waals surface area contributed by atoms with E-state index in [-0.39, 0.29) is 17.0 Å². The second kappa shape index (κ2) is 9.86. The van der Waals surface area contributed by atoms with Crippen molar-refractivity contribution in [1.29, 1.82) is 0 Å². The Balaban J connectivity index is 0.000000749. The van der Waals surface area contributed by atoms with E-state index >= 15 is 0 Å². The monoisotopic (exact) mass is 454 g/mol. The van der Waals surface area contributed by atoms with Crippen molar-refractivity contribution in [1.82, 2.24) is 10.2 Å². The molecule has 2 rings (SSSR count). The number of nitrogens with two attached hydrogens (primary N) is 2. The van der Waals surface area contributed by atoms with E-state index in [2.05, 4.69) is 5.32 Å². The molecule has 1 fully saturated rings. The molecule has 14 heteroatoms. The molecule has 2 aliphatic heterocycles. The van der Waals surface area contributed by atoms with E-state index in [0.717, 1.165) is 0 Å². The van der Waals surface area contributed by atoms with Crippen LogP contribution in [0.15, 0.2) is 23.4 Å². The molecule has 0 aromatic rings. The summed E-state index contributed by atoms with van der Waals surface area (Å²) in [5.41, 5.74) is 10.8. The number of β-lactam (4-membered cyclic amide) rings is 1. The Hall–Kier alpha value is -1.71. The number of amides is 2. The molecule has 0 bridgehead atoms. The van der Waals surface area contributed by atoms with E-state index in [1.165, 1.54) is 16.7 Å². The Morgan fingerprint density at radius 3 is 2.45 bits per heavy atom. The van der Waals surface area contributed by atoms with Gasteiger partial charge < -0.3 is 21.9 Å². The number of carbonyl (C=O) groups excluding carboxylic acids is 2. The summed E-state index contributed by atoms with van der Waals surface area (Å²) < 4.78 is 32.7. The fourth-order valence-electron chi connectivity index (χ4n) is 2.54. The summed E-state index contributed by atoms with van der Waals surface area (Å²) in [5, 5.41) is 12.2. The molecule has 1 unspecified atom stereocenters. The van der Waals surface area contributed by atoms with Crippen LogP contribution >= 0.6 is 11.8 Å². The molecule has 0 saturated carbocycles. The zero-order valence-corrected chi connectivity index (χ0v) is 17.2. The van der Waals surface area contributed by atoms with Gasteiger partial charge in [0.05, 0.1) is 20.4 Å². The maximum atomic E-state index is 11.8. The minimum Gasteiger partial charge on any atom is -0.477 e. The van der Waals surface area contributed by atoms with Crippen molar-refractivity contribution in [3.8, 4) is 0 Å². The van der Waals surface area contributed by atoms with Crippen LogP contribution in [0, 0.1) is 10.2 Å². The van der Waals surface area contributed by atoms with Crippen molar-refractivity contribution in [2.75, 3.05) is 12.3 Å². The first-order valence-electron chi connectivity index (χ1n) is 8.24. The van der Waals surface area contributed by atoms with Gasteiger partial charge in [-0.05, 0) is 18.9 Å². The number of primary amides is 1. The first-order valence-corrected chi connectivity index (χ1v) is 10.6. The third-order valence-corrected chi connectivity index (χ3v) is 5.74. The Labute approximate surface area is 172 Å². The number of nitrogens with one attached hydrogen (secondary N) is 1. The summed E-state index contributed by atoms with van der Waals surface area (Å²) in [6.07, 6.45) is 3.92. The van der Waals surface area contributed by atoms with E-state index in [9.17, 15) is 19.5 Å². The van der Waals surface area contributed by atoms with Gasteiger partial charge in [-0.3, -0.25) is 14.5 Å². The minimum atomic E-state index is -4.69. The smallest absolute Gasteiger partial charge is 0.352 e. The standard InChI is InChI=1S/C15H22N4O4S.ClHO4/c1-3-15(2,14(17)23)18-6-4-5-8-7-24-12-9(16)11(20)19(12)10(8)13(21)22;2-1(3,4)5/h4-5,9,12,18H,3,6-7,16H2,1-2H3,(H2,17,23)(H,21,22);(H,2,3,4,5)/b5-4+;/t9-,12+,15?;/m1./s1. The highest BCUT2D eigenvalue weighted by Crippen LogP contribution is 2.39. The van der Waals surface area contributed by atoms with Gasteiger partial charge in [0.1, 0.15) is 17.1 Å². The fraction of sp³-hybridized carbons (Fsp3) is 0.533. The van der Waals surface area contributed by atoms with Crippen LogP contribution in [0.4, 0.5) is 0 Å². The number of hydrogen-bond donors (Lipinski definition) is 5. The molecular formula is C15H23ClN4O8S. The third kappa shape index (κ3) is 6.65. The molecule has 2 aliphatic rings. The zero-order valence-electron chi connectivity index (χ0n) is 15.7. The molecule has 0 aromatic heterocycles. The van der Waals surface area contributed by atoms with Gasteiger partial charge in [-0.2, -0.15) is 14.0 Å². The summed E-state index contributed by atoms with van der Waals surface area (Å²) in [7, 11) is -4.69. The van der Waals surface area contributed by atoms with Crippen LogP contribution in [0.1, 0.15) is 20.3 Å². The maximum absolute atomic E-state index is 11.8. The molecule has 7 N–H and O–H groups in total. The number of hydrogen-bond acceptors (Lipinski definition) is 10. The molecule has 3 atom stereocenters. The summed E-state index contributed by atoms with van der Waals surface area (Å²) in [6, 6.07) is -0.641. The largest absolute Gasteiger partial charge is 0.477 e. The SMILES string of the molecule is CCC(C)(NC/C=C/C1=C(C(=O)O)N2C(=O)[C@@H](N)[C@@H]2SC1)C(N)=O.[O-][Cl+3]([O-])([O-])O. The van der Waals surface area contributed by atoms with Gasteiger partial charge in [-0.25, -0.2) is 4.79 Å². The number of carboxylic acids is 1. The Bertz CT molecular complexity index is 720. The molecule has 1 saturated heterocycles. The van der Waals surface area contributed by atoms with E-state index in [1.54, 1.807) is 19.1 Å². The van der Waals surface area contributed by atoms with Gasteiger partial charge in [0, 0.05) is 12.3 Å². The van der Waals surface area contributed by atoms with Gasteiger partial charge in [0.2, 0.25) is 11.8 Å². The van der Waals surface area contributed by atoms with Crippen LogP contribution in [0.25, 0.3) is 0 Å².